The highest BCUT2D eigenvalue weighted by Crippen LogP contribution is 2.24. The van der Waals surface area contributed by atoms with Gasteiger partial charge in [-0.25, -0.2) is 0 Å². The van der Waals surface area contributed by atoms with Crippen LogP contribution >= 0.6 is 0 Å². The molecule has 3 atom stereocenters. The Balaban J connectivity index is 1.44. The third-order valence-corrected chi connectivity index (χ3v) is 6.10. The Bertz CT molecular complexity index is 613. The van der Waals surface area contributed by atoms with E-state index in [4.69, 9.17) is 0 Å². The number of benzene rings is 1. The van der Waals surface area contributed by atoms with Crippen LogP contribution in [0.3, 0.4) is 0 Å². The number of nitrogens with zero attached hydrogens (tertiary/aromatic N) is 1. The summed E-state index contributed by atoms with van der Waals surface area (Å²) in [6.07, 6.45) is 5.19. The average molecular weight is 372 g/mol. The van der Waals surface area contributed by atoms with Crippen LogP contribution in [0.25, 0.3) is 0 Å². The summed E-state index contributed by atoms with van der Waals surface area (Å²) in [5.74, 6) is 1.66. The number of piperidine rings is 2. The fourth-order valence-corrected chi connectivity index (χ4v) is 4.32. The minimum absolute atomic E-state index is 0.0301. The van der Waals surface area contributed by atoms with Crippen LogP contribution < -0.4 is 10.6 Å². The predicted octanol–water partition coefficient (Wildman–Crippen LogP) is 2.68. The van der Waals surface area contributed by atoms with E-state index in [1.807, 2.05) is 35.2 Å². The molecule has 0 saturated carbocycles. The molecule has 5 nitrogen and oxygen atoms in total. The number of carbonyl (C=O) groups excluding carboxylic acids is 2. The largest absolute Gasteiger partial charge is 0.352 e. The second-order valence-corrected chi connectivity index (χ2v) is 8.21. The minimum Gasteiger partial charge on any atom is -0.352 e. The van der Waals surface area contributed by atoms with Gasteiger partial charge in [0.05, 0.1) is 0 Å². The fourth-order valence-electron chi connectivity index (χ4n) is 4.32. The number of likely N-dealkylation sites (tertiary alicyclic amines) is 1. The first-order valence-corrected chi connectivity index (χ1v) is 10.4. The summed E-state index contributed by atoms with van der Waals surface area (Å²) in [6.45, 7) is 6.64. The monoisotopic (exact) mass is 371 g/mol. The van der Waals surface area contributed by atoms with Gasteiger partial charge in [-0.3, -0.25) is 9.59 Å². The van der Waals surface area contributed by atoms with Gasteiger partial charge < -0.3 is 15.5 Å². The number of amides is 2. The average Bonchev–Trinajstić information content (AvgIpc) is 2.73. The van der Waals surface area contributed by atoms with E-state index in [2.05, 4.69) is 17.6 Å². The molecule has 2 N–H and O–H groups in total. The molecule has 2 amide bonds. The number of nitrogens with one attached hydrogen (secondary N) is 2. The molecule has 0 aliphatic carbocycles. The Hall–Kier alpha value is -1.88. The van der Waals surface area contributed by atoms with Crippen LogP contribution in [-0.2, 0) is 4.79 Å². The Kier molecular flexibility index (Phi) is 7.27. The maximum Gasteiger partial charge on any atom is 0.251 e. The van der Waals surface area contributed by atoms with Gasteiger partial charge in [0, 0.05) is 31.6 Å². The number of rotatable bonds is 6. The summed E-state index contributed by atoms with van der Waals surface area (Å²) in [6, 6.07) is 9.31. The quantitative estimate of drug-likeness (QED) is 0.808. The zero-order chi connectivity index (χ0) is 19.1. The number of carbonyl (C=O) groups is 2. The van der Waals surface area contributed by atoms with Crippen LogP contribution in [0.4, 0.5) is 0 Å². The molecule has 27 heavy (non-hydrogen) atoms. The molecular weight excluding hydrogens is 338 g/mol. The minimum atomic E-state index is -0.0301. The van der Waals surface area contributed by atoms with Gasteiger partial charge in [-0.1, -0.05) is 25.1 Å². The summed E-state index contributed by atoms with van der Waals surface area (Å²) < 4.78 is 0. The third kappa shape index (κ3) is 5.80. The van der Waals surface area contributed by atoms with Gasteiger partial charge in [-0.2, -0.15) is 0 Å². The smallest absolute Gasteiger partial charge is 0.251 e. The SMILES string of the molecule is CC(CC(=O)N1CCCC(CNC(=O)c2ccccc2)C1)C1CCCNC1. The van der Waals surface area contributed by atoms with Gasteiger partial charge in [0.2, 0.25) is 5.91 Å². The van der Waals surface area contributed by atoms with Gasteiger partial charge in [0.25, 0.3) is 5.91 Å². The fraction of sp³-hybridized carbons (Fsp3) is 0.636. The zero-order valence-corrected chi connectivity index (χ0v) is 16.5. The van der Waals surface area contributed by atoms with E-state index in [0.29, 0.717) is 36.3 Å². The number of hydrogen-bond donors (Lipinski definition) is 2. The van der Waals surface area contributed by atoms with Gasteiger partial charge >= 0.3 is 0 Å². The van der Waals surface area contributed by atoms with Crippen molar-refractivity contribution in [1.82, 2.24) is 15.5 Å². The summed E-state index contributed by atoms with van der Waals surface area (Å²) in [5.41, 5.74) is 0.691. The summed E-state index contributed by atoms with van der Waals surface area (Å²) in [7, 11) is 0. The lowest BCUT2D eigenvalue weighted by Crippen LogP contribution is -2.44. The van der Waals surface area contributed by atoms with Gasteiger partial charge in [-0.05, 0) is 68.7 Å². The highest BCUT2D eigenvalue weighted by Gasteiger charge is 2.27. The van der Waals surface area contributed by atoms with E-state index in [1.165, 1.54) is 12.8 Å². The third-order valence-electron chi connectivity index (χ3n) is 6.10. The Morgan fingerprint density at radius 2 is 2.04 bits per heavy atom. The Morgan fingerprint density at radius 1 is 1.22 bits per heavy atom. The molecule has 0 radical (unpaired) electrons. The molecule has 2 saturated heterocycles. The van der Waals surface area contributed by atoms with E-state index < -0.39 is 0 Å². The lowest BCUT2D eigenvalue weighted by Gasteiger charge is -2.35. The van der Waals surface area contributed by atoms with E-state index in [9.17, 15) is 9.59 Å². The molecule has 2 fully saturated rings. The molecule has 0 bridgehead atoms. The molecule has 2 aliphatic rings. The van der Waals surface area contributed by atoms with Crippen LogP contribution in [0.1, 0.15) is 49.4 Å². The van der Waals surface area contributed by atoms with Crippen molar-refractivity contribution in [1.29, 1.82) is 0 Å². The molecule has 3 unspecified atom stereocenters. The maximum absolute atomic E-state index is 12.8. The summed E-state index contributed by atoms with van der Waals surface area (Å²) in [4.78, 5) is 27.0. The molecule has 0 aromatic heterocycles. The Morgan fingerprint density at radius 3 is 2.78 bits per heavy atom. The van der Waals surface area contributed by atoms with Crippen LogP contribution in [0.5, 0.6) is 0 Å². The van der Waals surface area contributed by atoms with Crippen molar-refractivity contribution >= 4 is 11.8 Å². The predicted molar refractivity (Wildman–Crippen MR) is 107 cm³/mol. The first-order valence-electron chi connectivity index (χ1n) is 10.4. The standard InChI is InChI=1S/C22H33N3O2/c1-17(20-10-5-11-23-15-20)13-21(26)25-12-6-7-18(16-25)14-24-22(27)19-8-3-2-4-9-19/h2-4,8-9,17-18,20,23H,5-7,10-16H2,1H3,(H,24,27). The molecule has 2 aliphatic heterocycles. The topological polar surface area (TPSA) is 61.4 Å². The van der Waals surface area contributed by atoms with Crippen molar-refractivity contribution in [2.45, 2.75) is 39.0 Å². The second-order valence-electron chi connectivity index (χ2n) is 8.21. The van der Waals surface area contributed by atoms with E-state index in [-0.39, 0.29) is 11.8 Å². The van der Waals surface area contributed by atoms with Crippen molar-refractivity contribution in [2.75, 3.05) is 32.7 Å². The van der Waals surface area contributed by atoms with Crippen molar-refractivity contribution < 1.29 is 9.59 Å². The van der Waals surface area contributed by atoms with Crippen LogP contribution in [0, 0.1) is 17.8 Å². The van der Waals surface area contributed by atoms with E-state index in [1.54, 1.807) is 0 Å². The van der Waals surface area contributed by atoms with Gasteiger partial charge in [0.15, 0.2) is 0 Å². The van der Waals surface area contributed by atoms with Crippen molar-refractivity contribution in [3.05, 3.63) is 35.9 Å². The maximum atomic E-state index is 12.8. The highest BCUT2D eigenvalue weighted by molar-refractivity contribution is 5.94. The molecule has 2 heterocycles. The highest BCUT2D eigenvalue weighted by atomic mass is 16.2. The van der Waals surface area contributed by atoms with E-state index in [0.717, 1.165) is 39.0 Å². The lowest BCUT2D eigenvalue weighted by atomic mass is 9.85. The van der Waals surface area contributed by atoms with Crippen molar-refractivity contribution in [3.8, 4) is 0 Å². The molecule has 148 valence electrons. The zero-order valence-electron chi connectivity index (χ0n) is 16.5. The van der Waals surface area contributed by atoms with Crippen LogP contribution in [0.15, 0.2) is 30.3 Å². The van der Waals surface area contributed by atoms with Gasteiger partial charge in [0.1, 0.15) is 0 Å². The first kappa shape index (κ1) is 19.9. The molecule has 0 spiro atoms. The summed E-state index contributed by atoms with van der Waals surface area (Å²) in [5, 5.41) is 6.49. The van der Waals surface area contributed by atoms with Crippen molar-refractivity contribution in [3.63, 3.8) is 0 Å². The van der Waals surface area contributed by atoms with Crippen molar-refractivity contribution in [2.24, 2.45) is 17.8 Å². The molecule has 1 aromatic rings. The molecule has 5 heteroatoms. The number of hydrogen-bond acceptors (Lipinski definition) is 3. The molecular formula is C22H33N3O2. The second kappa shape index (κ2) is 9.88. The lowest BCUT2D eigenvalue weighted by molar-refractivity contribution is -0.134. The van der Waals surface area contributed by atoms with Gasteiger partial charge in [-0.15, -0.1) is 0 Å². The van der Waals surface area contributed by atoms with Crippen LogP contribution in [0.2, 0.25) is 0 Å². The summed E-state index contributed by atoms with van der Waals surface area (Å²) >= 11 is 0. The van der Waals surface area contributed by atoms with Crippen LogP contribution in [-0.4, -0.2) is 49.4 Å². The first-order chi connectivity index (χ1) is 13.1. The normalized spacial score (nSPS) is 24.3. The van der Waals surface area contributed by atoms with E-state index >= 15 is 0 Å². The molecule has 3 rings (SSSR count). The molecule has 1 aromatic carbocycles. The Labute approximate surface area is 162 Å².